The van der Waals surface area contributed by atoms with Gasteiger partial charge in [0.2, 0.25) is 0 Å². The van der Waals surface area contributed by atoms with Crippen molar-refractivity contribution >= 4 is 39.3 Å². The summed E-state index contributed by atoms with van der Waals surface area (Å²) >= 11 is 0. The summed E-state index contributed by atoms with van der Waals surface area (Å²) in [6.45, 7) is 5.70. The quantitative estimate of drug-likeness (QED) is 0.421. The molecule has 2 aromatic carbocycles. The summed E-state index contributed by atoms with van der Waals surface area (Å²) in [5.41, 5.74) is 5.71. The molecular weight excluding hydrogens is 595 g/mol. The number of carbonyl (C=O) groups excluding carboxylic acids is 2. The summed E-state index contributed by atoms with van der Waals surface area (Å²) < 4.78 is 15.6. The van der Waals surface area contributed by atoms with Gasteiger partial charge in [-0.05, 0) is 25.0 Å². The maximum Gasteiger partial charge on any atom is 0.252 e. The van der Waals surface area contributed by atoms with Crippen molar-refractivity contribution in [2.45, 2.75) is 55.9 Å². The average Bonchev–Trinajstić information content (AvgIpc) is 3.60. The molecule has 0 saturated carbocycles. The summed E-state index contributed by atoms with van der Waals surface area (Å²) in [6, 6.07) is 8.57. The summed E-state index contributed by atoms with van der Waals surface area (Å²) in [7, 11) is 5.18. The maximum absolute atomic E-state index is 13.3. The number of methoxy groups -OCH3 is 1. The molecule has 9 nitrogen and oxygen atoms in total. The summed E-state index contributed by atoms with van der Waals surface area (Å²) in [5, 5.41) is 12.5. The van der Waals surface area contributed by atoms with E-state index in [1.165, 1.54) is 7.05 Å². The number of allylic oxidation sites excluding steroid dienone is 2. The minimum atomic E-state index is -0.769. The Balaban J connectivity index is 0.000000467. The van der Waals surface area contributed by atoms with Crippen LogP contribution in [0.25, 0.3) is 27.1 Å². The summed E-state index contributed by atoms with van der Waals surface area (Å²) in [4.78, 5) is 25.4. The maximum atomic E-state index is 13.3. The largest absolute Gasteiger partial charge is 0.660 e. The number of hydrogen-bond donors (Lipinski definition) is 2. The van der Waals surface area contributed by atoms with E-state index in [1.54, 1.807) is 7.11 Å². The topological polar surface area (TPSA) is 98.9 Å². The number of para-hydroxylation sites is 1. The van der Waals surface area contributed by atoms with Crippen molar-refractivity contribution in [2.75, 3.05) is 26.1 Å². The number of ether oxygens (including phenoxy) is 2. The van der Waals surface area contributed by atoms with E-state index in [4.69, 9.17) is 14.8 Å². The Morgan fingerprint density at radius 3 is 2.71 bits per heavy atom. The van der Waals surface area contributed by atoms with E-state index in [0.29, 0.717) is 6.54 Å². The molecule has 2 N–H and O–H groups in total. The van der Waals surface area contributed by atoms with Crippen LogP contribution in [0.15, 0.2) is 48.6 Å². The fourth-order valence-corrected chi connectivity index (χ4v) is 7.70. The molecule has 1 saturated heterocycles. The normalized spacial score (nSPS) is 29.7. The van der Waals surface area contributed by atoms with Gasteiger partial charge in [0.15, 0.2) is 5.72 Å². The van der Waals surface area contributed by atoms with Crippen molar-refractivity contribution in [3.05, 3.63) is 77.5 Å². The molecule has 6 atom stereocenters. The summed E-state index contributed by atoms with van der Waals surface area (Å²) in [6.07, 6.45) is 9.03. The number of anilines is 1. The first-order chi connectivity index (χ1) is 19.3. The SMILES string of the molecule is C[N-][C@@H]1C[C@H]2O[C@@](C)([C@@H]1OC)n1c3ccccc3c3c4c(c5c(c31)N2C1C=CC=CC51)C(=O)NC4.[CH2-]C(=O)NC.[Y]. The Morgan fingerprint density at radius 1 is 1.27 bits per heavy atom. The zero-order chi connectivity index (χ0) is 27.9. The molecule has 1 aromatic heterocycles. The fraction of sp³-hybridized carbons (Fsp3) is 0.387. The molecule has 5 heterocycles. The Morgan fingerprint density at radius 2 is 2.00 bits per heavy atom. The van der Waals surface area contributed by atoms with Crippen LogP contribution in [0.2, 0.25) is 0 Å². The number of aromatic nitrogens is 1. The van der Waals surface area contributed by atoms with Crippen LogP contribution >= 0.6 is 0 Å². The molecule has 2 amide bonds. The first-order valence-electron chi connectivity index (χ1n) is 13.7. The Hall–Kier alpha value is -2.69. The van der Waals surface area contributed by atoms with Gasteiger partial charge in [-0.2, -0.15) is 7.05 Å². The van der Waals surface area contributed by atoms with Gasteiger partial charge < -0.3 is 46.6 Å². The second-order valence-corrected chi connectivity index (χ2v) is 11.1. The Kier molecular flexibility index (Phi) is 7.10. The first-order valence-corrected chi connectivity index (χ1v) is 13.7. The Bertz CT molecular complexity index is 1650. The van der Waals surface area contributed by atoms with Gasteiger partial charge in [0, 0.05) is 75.7 Å². The van der Waals surface area contributed by atoms with E-state index in [-0.39, 0.29) is 74.9 Å². The zero-order valence-corrected chi connectivity index (χ0v) is 26.5. The van der Waals surface area contributed by atoms with E-state index >= 15 is 0 Å². The monoisotopic (exact) mass is 628 g/mol. The second-order valence-electron chi connectivity index (χ2n) is 11.1. The van der Waals surface area contributed by atoms with Crippen LogP contribution in [-0.2, 0) is 59.2 Å². The van der Waals surface area contributed by atoms with E-state index in [0.717, 1.165) is 50.6 Å². The minimum Gasteiger partial charge on any atom is -0.660 e. The van der Waals surface area contributed by atoms with Crippen molar-refractivity contribution in [1.29, 1.82) is 0 Å². The molecule has 2 bridgehead atoms. The number of nitrogens with one attached hydrogen (secondary N) is 2. The van der Waals surface area contributed by atoms with Crippen molar-refractivity contribution in [3.8, 4) is 0 Å². The zero-order valence-electron chi connectivity index (χ0n) is 23.7. The molecule has 1 fully saturated rings. The van der Waals surface area contributed by atoms with Crippen LogP contribution in [0.4, 0.5) is 5.69 Å². The molecular formula is C31H33N5O4Y-2. The molecule has 0 spiro atoms. The van der Waals surface area contributed by atoms with Gasteiger partial charge in [-0.25, -0.2) is 0 Å². The molecule has 3 aromatic rings. The third-order valence-corrected chi connectivity index (χ3v) is 9.21. The molecule has 1 radical (unpaired) electrons. The van der Waals surface area contributed by atoms with Crippen molar-refractivity contribution < 1.29 is 51.8 Å². The first kappa shape index (κ1) is 28.4. The predicted octanol–water partition coefficient (Wildman–Crippen LogP) is 3.82. The molecule has 41 heavy (non-hydrogen) atoms. The van der Waals surface area contributed by atoms with Crippen LogP contribution in [0.1, 0.15) is 40.7 Å². The minimum absolute atomic E-state index is 0. The summed E-state index contributed by atoms with van der Waals surface area (Å²) in [5.74, 6) is -0.109. The van der Waals surface area contributed by atoms with Gasteiger partial charge in [0.1, 0.15) is 6.23 Å². The number of nitrogens with zero attached hydrogens (tertiary/aromatic N) is 3. The third-order valence-electron chi connectivity index (χ3n) is 9.21. The van der Waals surface area contributed by atoms with E-state index in [1.807, 2.05) is 7.05 Å². The van der Waals surface area contributed by atoms with Gasteiger partial charge in [-0.15, -0.1) is 6.04 Å². The number of fused-ring (bicyclic) bond motifs is 13. The number of amides is 2. The van der Waals surface area contributed by atoms with E-state index < -0.39 is 5.72 Å². The van der Waals surface area contributed by atoms with Gasteiger partial charge in [0.05, 0.1) is 40.3 Å². The van der Waals surface area contributed by atoms with Crippen molar-refractivity contribution in [2.24, 2.45) is 0 Å². The number of likely N-dealkylation sites (N-methyl/N-ethyl adjacent to an activating group) is 1. The second kappa shape index (κ2) is 10.2. The van der Waals surface area contributed by atoms with Gasteiger partial charge in [-0.3, -0.25) is 4.79 Å². The van der Waals surface area contributed by atoms with E-state index in [2.05, 4.69) is 82.5 Å². The Labute approximate surface area is 264 Å². The fourth-order valence-electron chi connectivity index (χ4n) is 7.70. The van der Waals surface area contributed by atoms with Crippen LogP contribution in [-0.4, -0.2) is 62.0 Å². The standard InChI is InChI=1S/C28H27N4O3.C3H6NO.Y/c1-28-26(34-3)17(29-2)12-20(35-28)31-18-10-6-4-8-14(18)22-23-16(13-30-27(23)33)21-15-9-5-7-11-19(15)32(28)25(21)24(22)31;1-3(5)4-2;/h4-11,14,17-18,20,26H,12-13H2,1-3H3,(H,30,33);1H2,2H3,(H,4,5);/q2*-1;/t14?,17-,18?,20-,26-,28+;;/m1../s1. The number of carbonyl (C=O) groups is 2. The molecule has 10 heteroatoms. The number of hydrogen-bond acceptors (Lipinski definition) is 5. The van der Waals surface area contributed by atoms with Crippen LogP contribution in [0.3, 0.4) is 0 Å². The molecule has 5 aliphatic rings. The van der Waals surface area contributed by atoms with Crippen LogP contribution < -0.4 is 15.5 Å². The molecule has 2 unspecified atom stereocenters. The average molecular weight is 629 g/mol. The molecule has 4 aliphatic heterocycles. The molecule has 1 aliphatic carbocycles. The predicted molar refractivity (Wildman–Crippen MR) is 154 cm³/mol. The van der Waals surface area contributed by atoms with E-state index in [9.17, 15) is 9.59 Å². The van der Waals surface area contributed by atoms with Gasteiger partial charge >= 0.3 is 0 Å². The van der Waals surface area contributed by atoms with Crippen LogP contribution in [0, 0.1) is 6.92 Å². The van der Waals surface area contributed by atoms with Gasteiger partial charge in [-0.1, -0.05) is 42.5 Å². The van der Waals surface area contributed by atoms with Crippen molar-refractivity contribution in [3.63, 3.8) is 0 Å². The number of benzene rings is 2. The van der Waals surface area contributed by atoms with Crippen molar-refractivity contribution in [1.82, 2.24) is 15.2 Å². The number of rotatable bonds is 2. The molecule has 211 valence electrons. The smallest absolute Gasteiger partial charge is 0.252 e. The third kappa shape index (κ3) is 3.76. The van der Waals surface area contributed by atoms with Crippen LogP contribution in [0.5, 0.6) is 0 Å². The molecule has 8 rings (SSSR count). The van der Waals surface area contributed by atoms with Gasteiger partial charge in [0.25, 0.3) is 5.91 Å².